The summed E-state index contributed by atoms with van der Waals surface area (Å²) in [5.74, 6) is -0.547. The summed E-state index contributed by atoms with van der Waals surface area (Å²) in [4.78, 5) is 29.7. The van der Waals surface area contributed by atoms with Gasteiger partial charge in [0, 0.05) is 33.6 Å². The molecular weight excluding hydrogens is 521 g/mol. The summed E-state index contributed by atoms with van der Waals surface area (Å²) < 4.78 is 67.2. The van der Waals surface area contributed by atoms with Crippen molar-refractivity contribution in [1.82, 2.24) is 14.2 Å². The number of methoxy groups -OCH3 is 1. The van der Waals surface area contributed by atoms with Gasteiger partial charge in [0.05, 0.1) is 29.3 Å². The largest absolute Gasteiger partial charge is 0.374 e. The lowest BCUT2D eigenvalue weighted by Gasteiger charge is -2.38. The summed E-state index contributed by atoms with van der Waals surface area (Å²) in [5, 5.41) is 11.6. The topological polar surface area (TPSA) is 128 Å². The molecule has 1 aliphatic rings. The first kappa shape index (κ1) is 24.1. The van der Waals surface area contributed by atoms with E-state index in [0.717, 1.165) is 4.57 Å². The molecule has 39 heavy (non-hydrogen) atoms. The minimum atomic E-state index is -2.98. The van der Waals surface area contributed by atoms with Crippen molar-refractivity contribution < 1.29 is 30.2 Å². The van der Waals surface area contributed by atoms with Gasteiger partial charge in [-0.05, 0) is 52.3 Å². The second-order valence-corrected chi connectivity index (χ2v) is 10.7. The number of carbonyl (C=O) groups excluding carboxylic acids is 1. The Morgan fingerprint density at radius 3 is 2.59 bits per heavy atom. The number of hydrogen-bond donors (Lipinski definition) is 1. The van der Waals surface area contributed by atoms with Crippen LogP contribution in [0.15, 0.2) is 47.4 Å². The van der Waals surface area contributed by atoms with Gasteiger partial charge < -0.3 is 23.8 Å². The molecule has 1 aromatic carbocycles. The monoisotopic (exact) mass is 564 g/mol. The fourth-order valence-corrected chi connectivity index (χ4v) is 5.93. The van der Waals surface area contributed by atoms with Gasteiger partial charge in [-0.25, -0.2) is 9.46 Å². The predicted octanol–water partition coefficient (Wildman–Crippen LogP) is 4.48. The van der Waals surface area contributed by atoms with Gasteiger partial charge in [0.25, 0.3) is 14.4 Å². The maximum atomic E-state index is 13.2. The Morgan fingerprint density at radius 2 is 2.00 bits per heavy atom. The minimum absolute atomic E-state index is 0.0170. The molecule has 0 bridgehead atoms. The first-order valence-corrected chi connectivity index (χ1v) is 13.7. The number of benzene rings is 1. The van der Waals surface area contributed by atoms with Crippen LogP contribution in [0.2, 0.25) is 0 Å². The van der Waals surface area contributed by atoms with E-state index in [2.05, 4.69) is 10.3 Å². The maximum absolute atomic E-state index is 13.2. The van der Waals surface area contributed by atoms with Crippen molar-refractivity contribution >= 4 is 20.3 Å². The van der Waals surface area contributed by atoms with Gasteiger partial charge in [0.1, 0.15) is 18.0 Å². The molecule has 0 spiro atoms. The van der Waals surface area contributed by atoms with Crippen molar-refractivity contribution in [2.45, 2.75) is 84.0 Å². The van der Waals surface area contributed by atoms with Crippen LogP contribution in [0.3, 0.4) is 0 Å². The van der Waals surface area contributed by atoms with Crippen LogP contribution in [0, 0.1) is 11.3 Å². The van der Waals surface area contributed by atoms with Crippen molar-refractivity contribution in [1.29, 1.82) is 5.26 Å². The van der Waals surface area contributed by atoms with Gasteiger partial charge in [0.15, 0.2) is 6.23 Å². The zero-order chi connectivity index (χ0) is 32.8. The summed E-state index contributed by atoms with van der Waals surface area (Å²) in [6.07, 6.45) is -6.53. The van der Waals surface area contributed by atoms with Gasteiger partial charge in [-0.2, -0.15) is 10.2 Å². The Hall–Kier alpha value is -2.71. The number of nitrogens with one attached hydrogen (secondary N) is 1. The van der Waals surface area contributed by atoms with Crippen LogP contribution >= 0.6 is 8.53 Å². The fraction of sp³-hybridized carbons (Fsp3) is 0.556. The first-order chi connectivity index (χ1) is 20.5. The molecule has 0 radical (unpaired) electrons. The van der Waals surface area contributed by atoms with Crippen molar-refractivity contribution in [3.8, 4) is 6.07 Å². The van der Waals surface area contributed by atoms with Crippen LogP contribution in [-0.4, -0.2) is 64.2 Å². The van der Waals surface area contributed by atoms with Gasteiger partial charge >= 0.3 is 5.69 Å². The second-order valence-electron chi connectivity index (χ2n) is 9.26. The van der Waals surface area contributed by atoms with E-state index in [1.807, 2.05) is 38.4 Å². The zero-order valence-corrected chi connectivity index (χ0v) is 23.5. The third-order valence-corrected chi connectivity index (χ3v) is 7.99. The molecule has 212 valence electrons. The molecule has 2 aromatic rings. The minimum Gasteiger partial charge on any atom is -0.374 e. The Bertz CT molecular complexity index is 1340. The van der Waals surface area contributed by atoms with Crippen molar-refractivity contribution in [2.24, 2.45) is 0 Å². The molecule has 2 heterocycles. The van der Waals surface area contributed by atoms with Gasteiger partial charge in [-0.15, -0.1) is 0 Å². The fourth-order valence-electron chi connectivity index (χ4n) is 4.19. The van der Waals surface area contributed by atoms with Crippen LogP contribution in [0.25, 0.3) is 0 Å². The number of ether oxygens (including phenoxy) is 2. The third-order valence-electron chi connectivity index (χ3n) is 5.87. The van der Waals surface area contributed by atoms with E-state index < -0.39 is 58.1 Å². The number of aromatic nitrogens is 2. The Kier molecular flexibility index (Phi) is 9.04. The average molecular weight is 565 g/mol. The molecule has 1 amide bonds. The highest BCUT2D eigenvalue weighted by Gasteiger charge is 2.48. The number of hydrogen-bond acceptors (Lipinski definition) is 9. The van der Waals surface area contributed by atoms with Crippen LogP contribution in [0.4, 0.5) is 5.82 Å². The molecule has 1 saturated heterocycles. The number of nitrogens with zero attached hydrogens (tertiary/aromatic N) is 4. The van der Waals surface area contributed by atoms with E-state index in [4.69, 9.17) is 30.6 Å². The lowest BCUT2D eigenvalue weighted by Crippen LogP contribution is -2.40. The number of rotatable bonds is 13. The SMILES string of the molecule is [2H]C([2H])([2H])O[C@@H]1[C@H](OP(OCCC#N)N(C(C)C)C(C)C)[C@@H](C([2H])([2H])C)O[C@H]1n1ccc(NC(=O)c2ccccc2)nc1=O. The summed E-state index contributed by atoms with van der Waals surface area (Å²) in [7, 11) is -4.96. The smallest absolute Gasteiger partial charge is 0.351 e. The summed E-state index contributed by atoms with van der Waals surface area (Å²) in [6.45, 7) is 8.91. The van der Waals surface area contributed by atoms with E-state index in [1.165, 1.54) is 19.2 Å². The number of carbonyl (C=O) groups is 1. The Morgan fingerprint density at radius 1 is 1.28 bits per heavy atom. The van der Waals surface area contributed by atoms with Gasteiger partial charge in [0.2, 0.25) is 0 Å². The van der Waals surface area contributed by atoms with Crippen LogP contribution in [-0.2, 0) is 18.5 Å². The van der Waals surface area contributed by atoms with E-state index in [1.54, 1.807) is 30.3 Å². The molecule has 0 saturated carbocycles. The molecular formula is C27H38N5O6P. The quantitative estimate of drug-likeness (QED) is 0.277. The molecule has 1 unspecified atom stereocenters. The second kappa shape index (κ2) is 14.6. The zero-order valence-electron chi connectivity index (χ0n) is 27.6. The van der Waals surface area contributed by atoms with E-state index in [9.17, 15) is 9.59 Å². The summed E-state index contributed by atoms with van der Waals surface area (Å²) in [5.41, 5.74) is -0.559. The number of amides is 1. The van der Waals surface area contributed by atoms with Crippen LogP contribution in [0.1, 0.15) is 70.9 Å². The van der Waals surface area contributed by atoms with Crippen LogP contribution < -0.4 is 11.0 Å². The predicted molar refractivity (Wildman–Crippen MR) is 148 cm³/mol. The molecule has 11 nitrogen and oxygen atoms in total. The van der Waals surface area contributed by atoms with Crippen molar-refractivity contribution in [3.63, 3.8) is 0 Å². The van der Waals surface area contributed by atoms with E-state index >= 15 is 0 Å². The maximum Gasteiger partial charge on any atom is 0.351 e. The van der Waals surface area contributed by atoms with E-state index in [0.29, 0.717) is 5.56 Å². The highest BCUT2D eigenvalue weighted by atomic mass is 31.2. The normalized spacial score (nSPS) is 24.4. The van der Waals surface area contributed by atoms with Crippen molar-refractivity contribution in [3.05, 3.63) is 58.6 Å². The Labute approximate surface area is 238 Å². The lowest BCUT2D eigenvalue weighted by molar-refractivity contribution is -0.0538. The molecule has 1 N–H and O–H groups in total. The molecule has 3 rings (SSSR count). The third kappa shape index (κ3) is 7.70. The number of anilines is 1. The first-order valence-electron chi connectivity index (χ1n) is 15.1. The number of nitriles is 1. The summed E-state index contributed by atoms with van der Waals surface area (Å²) >= 11 is 0. The lowest BCUT2D eigenvalue weighted by atomic mass is 10.1. The molecule has 12 heteroatoms. The van der Waals surface area contributed by atoms with Gasteiger partial charge in [-0.3, -0.25) is 9.36 Å². The molecule has 1 aliphatic heterocycles. The highest BCUT2D eigenvalue weighted by molar-refractivity contribution is 7.44. The standard InChI is InChI=1S/C27H38N5O6P/c1-7-21-23(38-39(36-17-11-15-28)32(18(2)3)19(4)5)24(35-6)26(37-21)31-16-14-22(30-27(31)34)29-25(33)20-12-9-8-10-13-20/h8-10,12-14,16,18-19,21,23-24,26H,7,11,17H2,1-6H3,(H,29,30,33,34)/t21-,23-,24-,26-,39?/m1/s1/i6D3,7D2. The molecule has 5 atom stereocenters. The highest BCUT2D eigenvalue weighted by Crippen LogP contribution is 2.50. The molecule has 1 fully saturated rings. The van der Waals surface area contributed by atoms with E-state index in [-0.39, 0.29) is 30.9 Å². The average Bonchev–Trinajstić information content (AvgIpc) is 3.25. The van der Waals surface area contributed by atoms with Crippen LogP contribution in [0.5, 0.6) is 0 Å². The molecule has 1 aromatic heterocycles. The Balaban J connectivity index is 2.02. The van der Waals surface area contributed by atoms with Crippen molar-refractivity contribution in [2.75, 3.05) is 19.0 Å². The molecule has 0 aliphatic carbocycles. The van der Waals surface area contributed by atoms with Gasteiger partial charge in [-0.1, -0.05) is 25.1 Å². The summed E-state index contributed by atoms with van der Waals surface area (Å²) in [6, 6.07) is 11.4.